The van der Waals surface area contributed by atoms with Gasteiger partial charge in [-0.1, -0.05) is 118 Å². The molecule has 0 radical (unpaired) electrons. The predicted octanol–water partition coefficient (Wildman–Crippen LogP) is 8.08. The molecule has 0 aromatic heterocycles. The van der Waals surface area contributed by atoms with E-state index in [1.807, 2.05) is 51.1 Å². The van der Waals surface area contributed by atoms with Crippen LogP contribution in [-0.2, 0) is 0 Å². The Morgan fingerprint density at radius 3 is 1.43 bits per heavy atom. The summed E-state index contributed by atoms with van der Waals surface area (Å²) in [5, 5.41) is 0. The lowest BCUT2D eigenvalue weighted by atomic mass is 9.87. The second kappa shape index (κ2) is 12.3. The van der Waals surface area contributed by atoms with Crippen molar-refractivity contribution in [2.45, 2.75) is 82.1 Å². The Hall–Kier alpha value is -2.75. The number of amides is 2. The molecule has 0 saturated heterocycles. The van der Waals surface area contributed by atoms with Crippen molar-refractivity contribution in [3.05, 3.63) is 71.3 Å². The van der Waals surface area contributed by atoms with E-state index in [0.717, 1.165) is 12.0 Å². The molecule has 2 amide bonds. The molecule has 0 aliphatic carbocycles. The van der Waals surface area contributed by atoms with Gasteiger partial charge in [0, 0.05) is 17.5 Å². The molecule has 0 atom stereocenters. The van der Waals surface area contributed by atoms with Crippen LogP contribution in [-0.4, -0.2) is 29.0 Å². The van der Waals surface area contributed by atoms with Crippen LogP contribution in [0.15, 0.2) is 54.6 Å². The molecule has 4 nitrogen and oxygen atoms in total. The van der Waals surface area contributed by atoms with Crippen molar-refractivity contribution in [3.63, 3.8) is 0 Å². The van der Waals surface area contributed by atoms with Crippen LogP contribution in [0.1, 0.15) is 113 Å². The second-order valence-corrected chi connectivity index (χ2v) is 12.5. The van der Waals surface area contributed by atoms with Crippen molar-refractivity contribution < 1.29 is 14.4 Å². The number of hydrogen-bond acceptors (Lipinski definition) is 3. The zero-order valence-corrected chi connectivity index (χ0v) is 23.5. The first-order valence-electron chi connectivity index (χ1n) is 12.5. The average molecular weight is 480 g/mol. The van der Waals surface area contributed by atoms with Gasteiger partial charge in [0.25, 0.3) is 11.8 Å². The maximum atomic E-state index is 12.0. The quantitative estimate of drug-likeness (QED) is 0.330. The number of imide groups is 1. The lowest BCUT2D eigenvalue weighted by molar-refractivity contribution is 0.0638. The largest absolute Gasteiger partial charge is 0.294 e. The summed E-state index contributed by atoms with van der Waals surface area (Å²) in [6.45, 7) is 21.5. The van der Waals surface area contributed by atoms with Crippen molar-refractivity contribution in [1.29, 1.82) is 0 Å². The third kappa shape index (κ3) is 10.2. The van der Waals surface area contributed by atoms with Crippen LogP contribution < -0.4 is 0 Å². The molecule has 0 fully saturated rings. The van der Waals surface area contributed by atoms with Crippen LogP contribution in [0.25, 0.3) is 0 Å². The number of rotatable bonds is 3. The van der Waals surface area contributed by atoms with Gasteiger partial charge in [0.1, 0.15) is 0 Å². The molecule has 3 rings (SSSR count). The molecule has 1 aliphatic heterocycles. The van der Waals surface area contributed by atoms with Crippen LogP contribution in [0, 0.1) is 16.2 Å². The molecule has 35 heavy (non-hydrogen) atoms. The van der Waals surface area contributed by atoms with E-state index in [1.54, 1.807) is 24.3 Å². The monoisotopic (exact) mass is 479 g/mol. The molecule has 0 spiro atoms. The molecular formula is C31H45NO3. The normalized spacial score (nSPS) is 13.4. The summed E-state index contributed by atoms with van der Waals surface area (Å²) in [7, 11) is 0. The Morgan fingerprint density at radius 1 is 0.686 bits per heavy atom. The fourth-order valence-electron chi connectivity index (χ4n) is 2.91. The van der Waals surface area contributed by atoms with Gasteiger partial charge in [-0.2, -0.15) is 0 Å². The van der Waals surface area contributed by atoms with Gasteiger partial charge in [0.2, 0.25) is 0 Å². The van der Waals surface area contributed by atoms with Crippen LogP contribution >= 0.6 is 0 Å². The van der Waals surface area contributed by atoms with E-state index < -0.39 is 0 Å². The van der Waals surface area contributed by atoms with Crippen molar-refractivity contribution in [3.8, 4) is 0 Å². The van der Waals surface area contributed by atoms with E-state index >= 15 is 0 Å². The minimum atomic E-state index is -0.276. The smallest absolute Gasteiger partial charge is 0.261 e. The fourth-order valence-corrected chi connectivity index (χ4v) is 2.91. The van der Waals surface area contributed by atoms with Crippen LogP contribution in [0.5, 0.6) is 0 Å². The molecule has 4 heteroatoms. The lowest BCUT2D eigenvalue weighted by Gasteiger charge is -2.21. The third-order valence-electron chi connectivity index (χ3n) is 5.74. The fraction of sp³-hybridized carbons (Fsp3) is 0.516. The van der Waals surface area contributed by atoms with Crippen molar-refractivity contribution in [2.24, 2.45) is 16.2 Å². The summed E-state index contributed by atoms with van der Waals surface area (Å²) in [4.78, 5) is 37.1. The van der Waals surface area contributed by atoms with Crippen LogP contribution in [0.4, 0.5) is 0 Å². The van der Waals surface area contributed by atoms with Gasteiger partial charge in [0.15, 0.2) is 5.78 Å². The SMILES string of the molecule is CC(C)(C)C(=O)c1ccccc1.CC(C)(C)CCN1C(=O)c2ccccc2C1=O.CCC(C)(C)C. The molecule has 0 bridgehead atoms. The summed E-state index contributed by atoms with van der Waals surface area (Å²) in [5.41, 5.74) is 2.25. The predicted molar refractivity (Wildman–Crippen MR) is 146 cm³/mol. The summed E-state index contributed by atoms with van der Waals surface area (Å²) in [6, 6.07) is 16.4. The molecule has 192 valence electrons. The van der Waals surface area contributed by atoms with Crippen molar-refractivity contribution >= 4 is 17.6 Å². The van der Waals surface area contributed by atoms with E-state index in [-0.39, 0.29) is 28.4 Å². The summed E-state index contributed by atoms with van der Waals surface area (Å²) in [5.74, 6) is -0.118. The molecule has 1 heterocycles. The Balaban J connectivity index is 0.000000296. The van der Waals surface area contributed by atoms with E-state index in [2.05, 4.69) is 48.5 Å². The van der Waals surface area contributed by atoms with Gasteiger partial charge in [-0.3, -0.25) is 19.3 Å². The number of benzene rings is 2. The van der Waals surface area contributed by atoms with E-state index in [1.165, 1.54) is 11.3 Å². The number of nitrogens with zero attached hydrogens (tertiary/aromatic N) is 1. The number of fused-ring (bicyclic) bond motifs is 1. The molecule has 2 aromatic rings. The first-order chi connectivity index (χ1) is 16.0. The highest BCUT2D eigenvalue weighted by atomic mass is 16.2. The highest BCUT2D eigenvalue weighted by molar-refractivity contribution is 6.21. The summed E-state index contributed by atoms with van der Waals surface area (Å²) in [6.07, 6.45) is 2.09. The zero-order chi connectivity index (χ0) is 27.0. The van der Waals surface area contributed by atoms with Crippen molar-refractivity contribution in [2.75, 3.05) is 6.54 Å². The number of ketones is 1. The van der Waals surface area contributed by atoms with Gasteiger partial charge in [-0.25, -0.2) is 0 Å². The number of carbonyl (C=O) groups excluding carboxylic acids is 3. The summed E-state index contributed by atoms with van der Waals surface area (Å²) >= 11 is 0. The van der Waals surface area contributed by atoms with Gasteiger partial charge in [0.05, 0.1) is 11.1 Å². The zero-order valence-electron chi connectivity index (χ0n) is 23.5. The lowest BCUT2D eigenvalue weighted by Crippen LogP contribution is -2.32. The average Bonchev–Trinajstić information content (AvgIpc) is 3.01. The second-order valence-electron chi connectivity index (χ2n) is 12.5. The Labute approximate surface area is 213 Å². The van der Waals surface area contributed by atoms with Crippen LogP contribution in [0.2, 0.25) is 0 Å². The Morgan fingerprint density at radius 2 is 1.09 bits per heavy atom. The van der Waals surface area contributed by atoms with Crippen molar-refractivity contribution in [1.82, 2.24) is 4.90 Å². The number of hydrogen-bond donors (Lipinski definition) is 0. The Bertz CT molecular complexity index is 951. The van der Waals surface area contributed by atoms with E-state index in [4.69, 9.17) is 0 Å². The molecule has 0 saturated carbocycles. The van der Waals surface area contributed by atoms with E-state index in [9.17, 15) is 14.4 Å². The standard InChI is InChI=1S/C14H17NO2.C11H14O.C6H14/c1-14(2,3)8-9-15-12(16)10-6-4-5-7-11(10)13(15)17;1-11(2,3)10(12)9-7-5-4-6-8-9;1-5-6(2,3)4/h4-7H,8-9H2,1-3H3;4-8H,1-3H3;5H2,1-4H3. The first-order valence-corrected chi connectivity index (χ1v) is 12.5. The maximum Gasteiger partial charge on any atom is 0.261 e. The minimum absolute atomic E-state index is 0.120. The molecule has 0 unspecified atom stereocenters. The summed E-state index contributed by atoms with van der Waals surface area (Å²) < 4.78 is 0. The van der Waals surface area contributed by atoms with Gasteiger partial charge in [-0.15, -0.1) is 0 Å². The molecule has 0 N–H and O–H groups in total. The highest BCUT2D eigenvalue weighted by Crippen LogP contribution is 2.26. The maximum absolute atomic E-state index is 12.0. The van der Waals surface area contributed by atoms with Crippen LogP contribution in [0.3, 0.4) is 0 Å². The highest BCUT2D eigenvalue weighted by Gasteiger charge is 2.35. The third-order valence-corrected chi connectivity index (χ3v) is 5.74. The molecular weight excluding hydrogens is 434 g/mol. The first kappa shape index (κ1) is 30.3. The number of carbonyl (C=O) groups is 3. The van der Waals surface area contributed by atoms with Gasteiger partial charge < -0.3 is 0 Å². The number of Topliss-reactive ketones (excluding diaryl/α,β-unsaturated/α-hetero) is 1. The minimum Gasteiger partial charge on any atom is -0.294 e. The Kier molecular flexibility index (Phi) is 10.6. The van der Waals surface area contributed by atoms with Gasteiger partial charge >= 0.3 is 0 Å². The molecule has 1 aliphatic rings. The molecule has 2 aromatic carbocycles. The van der Waals surface area contributed by atoms with E-state index in [0.29, 0.717) is 23.1 Å². The topological polar surface area (TPSA) is 54.5 Å². The van der Waals surface area contributed by atoms with Gasteiger partial charge in [-0.05, 0) is 29.4 Å².